The maximum absolute atomic E-state index is 12.3. The van der Waals surface area contributed by atoms with Crippen LogP contribution >= 0.6 is 23.1 Å². The van der Waals surface area contributed by atoms with E-state index in [0.717, 1.165) is 29.4 Å². The number of ketones is 1. The topological polar surface area (TPSA) is 87.5 Å². The molecule has 0 bridgehead atoms. The van der Waals surface area contributed by atoms with Crippen molar-refractivity contribution in [3.8, 4) is 0 Å². The molecule has 160 valence electrons. The molecular weight excluding hydrogens is 406 g/mol. The molecule has 0 spiro atoms. The third-order valence-corrected chi connectivity index (χ3v) is 8.21. The van der Waals surface area contributed by atoms with Gasteiger partial charge in [-0.3, -0.25) is 4.79 Å². The standard InChI is InChI=1S/C22H31NO4S2/c1-22(27,13-15-5-2-3-6-15)11-4-7-16-8-9-19(24)17(16)10-12-28-21-23-18(14-29-21)20(25)26/h4,7,14-17,27H,2-3,5-6,8-13H2,1H3,(H,25,26)/b7-4+/t16-,17+,22?/m0/s1. The molecule has 0 aromatic carbocycles. The number of hydrogen-bond donors (Lipinski definition) is 2. The minimum Gasteiger partial charge on any atom is -0.476 e. The number of Topliss-reactive ketones (excluding diaryl/α,β-unsaturated/α-hetero) is 1. The van der Waals surface area contributed by atoms with E-state index in [0.29, 0.717) is 24.5 Å². The lowest BCUT2D eigenvalue weighted by atomic mass is 9.87. The van der Waals surface area contributed by atoms with Crippen LogP contribution in [0.25, 0.3) is 0 Å². The van der Waals surface area contributed by atoms with Crippen LogP contribution in [0.2, 0.25) is 0 Å². The molecule has 3 rings (SSSR count). The summed E-state index contributed by atoms with van der Waals surface area (Å²) < 4.78 is 0.739. The molecule has 2 N–H and O–H groups in total. The Hall–Kier alpha value is -1.18. The lowest BCUT2D eigenvalue weighted by Crippen LogP contribution is -2.26. The average Bonchev–Trinajstić information content (AvgIpc) is 3.39. The highest BCUT2D eigenvalue weighted by Crippen LogP contribution is 2.36. The Morgan fingerprint density at radius 1 is 1.38 bits per heavy atom. The maximum atomic E-state index is 12.3. The van der Waals surface area contributed by atoms with Gasteiger partial charge in [-0.1, -0.05) is 49.6 Å². The van der Waals surface area contributed by atoms with Crippen molar-refractivity contribution in [2.75, 3.05) is 5.75 Å². The van der Waals surface area contributed by atoms with Crippen LogP contribution in [0.5, 0.6) is 0 Å². The number of thiazole rings is 1. The van der Waals surface area contributed by atoms with Crippen LogP contribution in [0.1, 0.15) is 75.2 Å². The Morgan fingerprint density at radius 3 is 2.83 bits per heavy atom. The highest BCUT2D eigenvalue weighted by Gasteiger charge is 2.33. The van der Waals surface area contributed by atoms with Gasteiger partial charge in [0, 0.05) is 23.5 Å². The third-order valence-electron chi connectivity index (χ3n) is 6.16. The number of carbonyl (C=O) groups is 2. The number of aromatic nitrogens is 1. The number of rotatable bonds is 10. The molecular formula is C22H31NO4S2. The van der Waals surface area contributed by atoms with Gasteiger partial charge in [-0.15, -0.1) is 11.3 Å². The van der Waals surface area contributed by atoms with E-state index in [1.165, 1.54) is 48.8 Å². The smallest absolute Gasteiger partial charge is 0.355 e. The number of thioether (sulfide) groups is 1. The van der Waals surface area contributed by atoms with Crippen molar-refractivity contribution in [1.82, 2.24) is 4.98 Å². The first-order valence-corrected chi connectivity index (χ1v) is 12.4. The number of carboxylic acids is 1. The van der Waals surface area contributed by atoms with E-state index in [-0.39, 0.29) is 17.5 Å². The first kappa shape index (κ1) is 22.5. The van der Waals surface area contributed by atoms with Gasteiger partial charge in [-0.2, -0.15) is 0 Å². The van der Waals surface area contributed by atoms with E-state index in [9.17, 15) is 14.7 Å². The minimum atomic E-state index is -1.01. The van der Waals surface area contributed by atoms with Crippen LogP contribution in [-0.2, 0) is 4.79 Å². The largest absolute Gasteiger partial charge is 0.476 e. The molecule has 29 heavy (non-hydrogen) atoms. The van der Waals surface area contributed by atoms with Crippen molar-refractivity contribution in [3.63, 3.8) is 0 Å². The maximum Gasteiger partial charge on any atom is 0.355 e. The summed E-state index contributed by atoms with van der Waals surface area (Å²) in [6.45, 7) is 1.93. The van der Waals surface area contributed by atoms with Gasteiger partial charge in [0.1, 0.15) is 5.78 Å². The summed E-state index contributed by atoms with van der Waals surface area (Å²) in [5.41, 5.74) is -0.577. The normalized spacial score (nSPS) is 25.1. The summed E-state index contributed by atoms with van der Waals surface area (Å²) >= 11 is 2.86. The molecule has 0 aliphatic heterocycles. The average molecular weight is 438 g/mol. The Kier molecular flexibility index (Phi) is 7.93. The van der Waals surface area contributed by atoms with Gasteiger partial charge in [0.2, 0.25) is 0 Å². The van der Waals surface area contributed by atoms with Crippen LogP contribution < -0.4 is 0 Å². The summed E-state index contributed by atoms with van der Waals surface area (Å²) in [5, 5.41) is 21.2. The second kappa shape index (κ2) is 10.2. The SMILES string of the molecule is CC(O)(C/C=C/[C@H]1CCC(=O)[C@@H]1CCSc1nc(C(=O)O)cs1)CC1CCCC1. The first-order chi connectivity index (χ1) is 13.8. The number of nitrogens with zero attached hydrogens (tertiary/aromatic N) is 1. The molecule has 0 saturated heterocycles. The molecule has 0 amide bonds. The Balaban J connectivity index is 1.46. The van der Waals surface area contributed by atoms with Gasteiger partial charge >= 0.3 is 5.97 Å². The summed E-state index contributed by atoms with van der Waals surface area (Å²) in [5.74, 6) is 1.00. The minimum absolute atomic E-state index is 0.0254. The van der Waals surface area contributed by atoms with Crippen LogP contribution in [0.4, 0.5) is 0 Å². The van der Waals surface area contributed by atoms with Crippen molar-refractivity contribution >= 4 is 34.9 Å². The van der Waals surface area contributed by atoms with Crippen LogP contribution in [0.3, 0.4) is 0 Å². The monoisotopic (exact) mass is 437 g/mol. The molecule has 3 atom stereocenters. The summed E-state index contributed by atoms with van der Waals surface area (Å²) in [4.78, 5) is 27.3. The lowest BCUT2D eigenvalue weighted by Gasteiger charge is -2.25. The van der Waals surface area contributed by atoms with Gasteiger partial charge in [-0.25, -0.2) is 9.78 Å². The second-order valence-corrected chi connectivity index (χ2v) is 10.9. The fourth-order valence-corrected chi connectivity index (χ4v) is 6.54. The van der Waals surface area contributed by atoms with E-state index in [1.54, 1.807) is 5.38 Å². The van der Waals surface area contributed by atoms with Crippen molar-refractivity contribution in [1.29, 1.82) is 0 Å². The van der Waals surface area contributed by atoms with Crippen LogP contribution in [0, 0.1) is 17.8 Å². The molecule has 2 aliphatic carbocycles. The summed E-state index contributed by atoms with van der Waals surface area (Å²) in [6, 6.07) is 0. The van der Waals surface area contributed by atoms with Crippen molar-refractivity contribution in [2.45, 2.75) is 74.7 Å². The Labute approximate surface area is 181 Å². The Morgan fingerprint density at radius 2 is 2.14 bits per heavy atom. The zero-order chi connectivity index (χ0) is 20.9. The van der Waals surface area contributed by atoms with E-state index in [2.05, 4.69) is 17.1 Å². The third kappa shape index (κ3) is 6.66. The highest BCUT2D eigenvalue weighted by molar-refractivity contribution is 8.01. The van der Waals surface area contributed by atoms with Crippen molar-refractivity contribution in [3.05, 3.63) is 23.2 Å². The lowest BCUT2D eigenvalue weighted by molar-refractivity contribution is -0.121. The number of hydrogen-bond acceptors (Lipinski definition) is 6. The van der Waals surface area contributed by atoms with Crippen LogP contribution in [-0.4, -0.2) is 38.3 Å². The predicted octanol–water partition coefficient (Wildman–Crippen LogP) is 5.20. The van der Waals surface area contributed by atoms with Gasteiger partial charge in [-0.05, 0) is 44.4 Å². The molecule has 0 radical (unpaired) electrons. The number of carboxylic acid groups (broad SMARTS) is 1. The molecule has 2 saturated carbocycles. The molecule has 7 heteroatoms. The second-order valence-electron chi connectivity index (χ2n) is 8.70. The van der Waals surface area contributed by atoms with Gasteiger partial charge in [0.15, 0.2) is 10.0 Å². The Bertz CT molecular complexity index is 737. The fourth-order valence-electron chi connectivity index (χ4n) is 4.65. The van der Waals surface area contributed by atoms with E-state index < -0.39 is 11.6 Å². The zero-order valence-corrected chi connectivity index (χ0v) is 18.6. The predicted molar refractivity (Wildman–Crippen MR) is 117 cm³/mol. The van der Waals surface area contributed by atoms with Gasteiger partial charge < -0.3 is 10.2 Å². The first-order valence-electron chi connectivity index (χ1n) is 10.6. The molecule has 1 heterocycles. The summed E-state index contributed by atoms with van der Waals surface area (Å²) in [7, 11) is 0. The fraction of sp³-hybridized carbons (Fsp3) is 0.682. The van der Waals surface area contributed by atoms with Crippen LogP contribution in [0.15, 0.2) is 21.9 Å². The number of aliphatic hydroxyl groups is 1. The molecule has 1 aromatic heterocycles. The number of aromatic carboxylic acids is 1. The molecule has 5 nitrogen and oxygen atoms in total. The number of allylic oxidation sites excluding steroid dienone is 1. The quantitative estimate of drug-likeness (QED) is 0.387. The molecule has 2 fully saturated rings. The van der Waals surface area contributed by atoms with Gasteiger partial charge in [0.05, 0.1) is 5.60 Å². The van der Waals surface area contributed by atoms with E-state index >= 15 is 0 Å². The van der Waals surface area contributed by atoms with E-state index in [4.69, 9.17) is 5.11 Å². The highest BCUT2D eigenvalue weighted by atomic mass is 32.2. The molecule has 2 aliphatic rings. The molecule has 1 unspecified atom stereocenters. The molecule has 1 aromatic rings. The summed E-state index contributed by atoms with van der Waals surface area (Å²) in [6.07, 6.45) is 13.1. The van der Waals surface area contributed by atoms with Crippen molar-refractivity contribution in [2.24, 2.45) is 17.8 Å². The number of carbonyl (C=O) groups excluding carboxylic acids is 1. The van der Waals surface area contributed by atoms with Gasteiger partial charge in [0.25, 0.3) is 0 Å². The van der Waals surface area contributed by atoms with Crippen molar-refractivity contribution < 1.29 is 19.8 Å². The zero-order valence-electron chi connectivity index (χ0n) is 17.0. The van der Waals surface area contributed by atoms with E-state index in [1.807, 2.05) is 6.92 Å².